The standard InChI is InChI=1S/C4H9.11Y/c1-3-4-2;;;;;;;;;;;/h3H,4H2,1-2H3;;;;;;;;;;;/q-1;;;;;;;;;;;. The predicted octanol–water partition coefficient (Wildman–Crippen LogP) is 1.59. The van der Waals surface area contributed by atoms with Crippen LogP contribution in [0.3, 0.4) is 0 Å². The van der Waals surface area contributed by atoms with Crippen molar-refractivity contribution in [3.8, 4) is 0 Å². The first-order chi connectivity index (χ1) is 1.91. The Balaban J connectivity index is -0.000000000818. The monoisotopic (exact) mass is 1040 g/mol. The van der Waals surface area contributed by atoms with Gasteiger partial charge in [-0.15, -0.1) is 0 Å². The Morgan fingerprint density at radius 1 is 0.533 bits per heavy atom. The summed E-state index contributed by atoms with van der Waals surface area (Å²) in [5.41, 5.74) is 0. The van der Waals surface area contributed by atoms with Gasteiger partial charge in [-0.3, -0.25) is 0 Å². The molecule has 0 atom stereocenters. The third-order valence-corrected chi connectivity index (χ3v) is 0.408. The molecule has 0 nitrogen and oxygen atoms in total. The topological polar surface area (TPSA) is 0 Å². The van der Waals surface area contributed by atoms with Gasteiger partial charge in [-0.2, -0.15) is 13.3 Å². The van der Waals surface area contributed by atoms with Crippen LogP contribution >= 0.6 is 0 Å². The second-order valence-electron chi connectivity index (χ2n) is 0.816. The van der Waals surface area contributed by atoms with Crippen LogP contribution in [-0.4, -0.2) is 0 Å². The van der Waals surface area contributed by atoms with Crippen LogP contribution in [0.1, 0.15) is 20.3 Å². The smallest absolute Gasteiger partial charge is 0 e. The Labute approximate surface area is 373 Å². The molecule has 0 aromatic carbocycles. The van der Waals surface area contributed by atoms with Gasteiger partial charge in [-0.05, 0) is 0 Å². The van der Waals surface area contributed by atoms with E-state index in [-0.39, 0.29) is 360 Å². The molecule has 0 amide bonds. The van der Waals surface area contributed by atoms with Gasteiger partial charge in [0.2, 0.25) is 0 Å². The van der Waals surface area contributed by atoms with Gasteiger partial charge in [-0.1, -0.05) is 6.92 Å². The summed E-state index contributed by atoms with van der Waals surface area (Å²) in [4.78, 5) is 0. The molecule has 0 spiro atoms. The van der Waals surface area contributed by atoms with Crippen molar-refractivity contribution in [3.05, 3.63) is 6.42 Å². The molecule has 0 aromatic heterocycles. The van der Waals surface area contributed by atoms with Crippen LogP contribution in [0, 0.1) is 6.42 Å². The van der Waals surface area contributed by atoms with E-state index in [1.807, 2.05) is 0 Å². The summed E-state index contributed by atoms with van der Waals surface area (Å²) in [6.45, 7) is 4.18. The predicted molar refractivity (Wildman–Crippen MR) is 20.3 cm³/mol. The van der Waals surface area contributed by atoms with Crippen molar-refractivity contribution in [1.82, 2.24) is 0 Å². The van der Waals surface area contributed by atoms with Gasteiger partial charge < -0.3 is 6.42 Å². The molecule has 15 heavy (non-hydrogen) atoms. The molecular formula is C4H9Y11-. The second kappa shape index (κ2) is 82.6. The summed E-state index contributed by atoms with van der Waals surface area (Å²) >= 11 is 0. The van der Waals surface area contributed by atoms with E-state index in [1.54, 1.807) is 0 Å². The molecule has 11 heteroatoms. The van der Waals surface area contributed by atoms with Crippen molar-refractivity contribution in [2.24, 2.45) is 0 Å². The maximum Gasteiger partial charge on any atom is 0 e. The summed E-state index contributed by atoms with van der Waals surface area (Å²) in [6.07, 6.45) is 3.32. The van der Waals surface area contributed by atoms with Gasteiger partial charge in [0.1, 0.15) is 0 Å². The van der Waals surface area contributed by atoms with Crippen molar-refractivity contribution < 1.29 is 360 Å². The van der Waals surface area contributed by atoms with E-state index < -0.39 is 0 Å². The molecular weight excluding hydrogens is 1030 g/mol. The molecule has 0 saturated carbocycles. The maximum absolute atomic E-state index is 2.12. The minimum Gasteiger partial charge on any atom is -0.332 e. The summed E-state index contributed by atoms with van der Waals surface area (Å²) in [6, 6.07) is 0. The molecule has 0 heterocycles. The van der Waals surface area contributed by atoms with Crippen molar-refractivity contribution in [2.75, 3.05) is 0 Å². The zero-order chi connectivity index (χ0) is 3.41. The second-order valence-corrected chi connectivity index (χ2v) is 0.816. The minimum atomic E-state index is 0. The Hall–Kier alpha value is 12.1. The Bertz CT molecular complexity index is 14.5. The fourth-order valence-electron chi connectivity index (χ4n) is 0. The molecule has 0 N–H and O–H groups in total. The van der Waals surface area contributed by atoms with E-state index in [0.29, 0.717) is 0 Å². The molecule has 0 fully saturated rings. The molecule has 0 rings (SSSR count). The Morgan fingerprint density at radius 2 is 0.600 bits per heavy atom. The molecule has 0 unspecified atom stereocenters. The SMILES string of the molecule is C[CH-]CC.[Y].[Y].[Y].[Y].[Y].[Y].[Y].[Y].[Y].[Y].[Y]. The normalized spacial score (nSPS) is 2.00. The molecule has 11 radical (unpaired) electrons. The van der Waals surface area contributed by atoms with Crippen LogP contribution in [0.4, 0.5) is 0 Å². The van der Waals surface area contributed by atoms with Crippen LogP contribution in [0.15, 0.2) is 0 Å². The summed E-state index contributed by atoms with van der Waals surface area (Å²) in [5.74, 6) is 0. The van der Waals surface area contributed by atoms with Crippen molar-refractivity contribution >= 4 is 0 Å². The first kappa shape index (κ1) is 80.9. The molecule has 0 bridgehead atoms. The fourth-order valence-corrected chi connectivity index (χ4v) is 0. The van der Waals surface area contributed by atoms with Gasteiger partial charge in [0.05, 0.1) is 0 Å². The third kappa shape index (κ3) is 88.2. The van der Waals surface area contributed by atoms with Crippen molar-refractivity contribution in [1.29, 1.82) is 0 Å². The first-order valence-corrected chi connectivity index (χ1v) is 1.69. The van der Waals surface area contributed by atoms with Gasteiger partial charge in [0, 0.05) is 360 Å². The number of rotatable bonds is 1. The van der Waals surface area contributed by atoms with Crippen LogP contribution in [0.2, 0.25) is 0 Å². The van der Waals surface area contributed by atoms with E-state index in [4.69, 9.17) is 0 Å². The van der Waals surface area contributed by atoms with Crippen LogP contribution in [0.25, 0.3) is 0 Å². The molecule has 59 valence electrons. The minimum absolute atomic E-state index is 0. The van der Waals surface area contributed by atoms with Crippen molar-refractivity contribution in [3.63, 3.8) is 0 Å². The molecule has 0 aromatic rings. The molecule has 0 saturated heterocycles. The number of unbranched alkanes of at least 4 members (excludes halogenated alkanes) is 1. The van der Waals surface area contributed by atoms with E-state index in [0.717, 1.165) is 0 Å². The first-order valence-electron chi connectivity index (χ1n) is 1.69. The largest absolute Gasteiger partial charge is 0.332 e. The average molecular weight is 1040 g/mol. The quantitative estimate of drug-likeness (QED) is 0.351. The summed E-state index contributed by atoms with van der Waals surface area (Å²) in [7, 11) is 0. The molecule has 0 aliphatic heterocycles. The van der Waals surface area contributed by atoms with E-state index in [1.165, 1.54) is 6.42 Å². The van der Waals surface area contributed by atoms with E-state index in [9.17, 15) is 0 Å². The van der Waals surface area contributed by atoms with Gasteiger partial charge in [-0.25, -0.2) is 0 Å². The van der Waals surface area contributed by atoms with Gasteiger partial charge in [0.25, 0.3) is 0 Å². The zero-order valence-electron chi connectivity index (χ0n) is 9.64. The van der Waals surface area contributed by atoms with Gasteiger partial charge in [0.15, 0.2) is 0 Å². The van der Waals surface area contributed by atoms with E-state index >= 15 is 0 Å². The summed E-state index contributed by atoms with van der Waals surface area (Å²) in [5, 5.41) is 0. The Kier molecular flexibility index (Phi) is 446. The van der Waals surface area contributed by atoms with E-state index in [2.05, 4.69) is 20.3 Å². The van der Waals surface area contributed by atoms with Crippen LogP contribution in [0.5, 0.6) is 0 Å². The summed E-state index contributed by atoms with van der Waals surface area (Å²) < 4.78 is 0. The molecule has 0 aliphatic carbocycles. The van der Waals surface area contributed by atoms with Crippen molar-refractivity contribution in [2.45, 2.75) is 20.3 Å². The van der Waals surface area contributed by atoms with Crippen LogP contribution < -0.4 is 0 Å². The number of hydrogen-bond acceptors (Lipinski definition) is 0. The molecule has 0 aliphatic rings. The fraction of sp³-hybridized carbons (Fsp3) is 0.750. The van der Waals surface area contributed by atoms with Gasteiger partial charge >= 0.3 is 0 Å². The maximum atomic E-state index is 2.12. The average Bonchev–Trinajstić information content (AvgIpc) is 1.37. The van der Waals surface area contributed by atoms with Crippen LogP contribution in [-0.2, 0) is 360 Å². The Morgan fingerprint density at radius 3 is 0.600 bits per heavy atom. The third-order valence-electron chi connectivity index (χ3n) is 0.408. The zero-order valence-corrected chi connectivity index (χ0v) is 40.9. The number of hydrogen-bond donors (Lipinski definition) is 0.